The van der Waals surface area contributed by atoms with Crippen LogP contribution in [0.15, 0.2) is 0 Å². The van der Waals surface area contributed by atoms with Crippen molar-refractivity contribution < 1.29 is 18.4 Å². The Labute approximate surface area is 62.1 Å². The highest BCUT2D eigenvalue weighted by molar-refractivity contribution is 6.61. The van der Waals surface area contributed by atoms with Gasteiger partial charge in [0.05, 0.1) is 0 Å². The van der Waals surface area contributed by atoms with E-state index in [1.807, 2.05) is 0 Å². The molecule has 1 unspecified atom stereocenters. The van der Waals surface area contributed by atoms with Crippen molar-refractivity contribution in [1.82, 2.24) is 0 Å². The van der Waals surface area contributed by atoms with Crippen LogP contribution in [-0.4, -0.2) is 35.9 Å². The molecule has 1 atom stereocenters. The maximum Gasteiger partial charge on any atom is 0.533 e. The summed E-state index contributed by atoms with van der Waals surface area (Å²) < 4.78 is 14.6. The molecule has 0 aliphatic heterocycles. The average molecular weight is 165 g/mol. The van der Waals surface area contributed by atoms with Gasteiger partial charge in [0.25, 0.3) is 0 Å². The van der Waals surface area contributed by atoms with Crippen LogP contribution in [0.2, 0.25) is 0 Å². The third kappa shape index (κ3) is 1.77. The molecule has 4 nitrogen and oxygen atoms in total. The van der Waals surface area contributed by atoms with Crippen molar-refractivity contribution in [2.75, 3.05) is 21.3 Å². The summed E-state index contributed by atoms with van der Waals surface area (Å²) in [5, 5.41) is 10.9. The second-order valence-electron chi connectivity index (χ2n) is 1.86. The normalized spacial score (nSPS) is 15.3. The van der Waals surface area contributed by atoms with Gasteiger partial charge in [0.1, 0.15) is 0 Å². The highest BCUT2D eigenvalue weighted by Gasteiger charge is 2.45. The summed E-state index contributed by atoms with van der Waals surface area (Å²) in [4.78, 5) is 0. The molecule has 0 rings (SSSR count). The molecular weight excluding hydrogens is 152 g/mol. The Hall–Kier alpha value is 0.0569. The molecule has 0 amide bonds. The van der Waals surface area contributed by atoms with Crippen molar-refractivity contribution in [2.24, 2.45) is 0 Å². The molecule has 0 fully saturated rings. The highest BCUT2D eigenvalue weighted by Crippen LogP contribution is 2.10. The summed E-state index contributed by atoms with van der Waals surface area (Å²) in [5.74, 6) is 0. The first-order valence-electron chi connectivity index (χ1n) is 2.94. The Kier molecular flexibility index (Phi) is 4.07. The van der Waals surface area contributed by atoms with E-state index in [0.717, 1.165) is 0 Å². The van der Waals surface area contributed by atoms with Crippen molar-refractivity contribution in [3.63, 3.8) is 0 Å². The minimum Gasteiger partial charge on any atom is -0.375 e. The number of hydrogen-bond donors (Lipinski definition) is 0. The maximum absolute atomic E-state index is 10.9. The van der Waals surface area contributed by atoms with Crippen LogP contribution in [0.4, 0.5) is 0 Å². The lowest BCUT2D eigenvalue weighted by atomic mass is 10.9. The second kappa shape index (κ2) is 4.04. The van der Waals surface area contributed by atoms with E-state index < -0.39 is 14.5 Å². The van der Waals surface area contributed by atoms with Crippen LogP contribution in [-0.2, 0) is 18.4 Å². The van der Waals surface area contributed by atoms with Crippen LogP contribution in [0.3, 0.4) is 0 Å². The molecule has 0 heterocycles. The number of rotatable bonds is 4. The molecule has 1 radical (unpaired) electrons. The lowest BCUT2D eigenvalue weighted by Gasteiger charge is -2.25. The molecule has 0 saturated carbocycles. The van der Waals surface area contributed by atoms with Gasteiger partial charge in [-0.3, -0.25) is 0 Å². The van der Waals surface area contributed by atoms with E-state index in [0.29, 0.717) is 0 Å². The average Bonchev–Trinajstić information content (AvgIpc) is 1.92. The molecule has 0 aromatic rings. The van der Waals surface area contributed by atoms with E-state index in [1.54, 1.807) is 0 Å². The van der Waals surface area contributed by atoms with Crippen LogP contribution in [0.1, 0.15) is 6.92 Å². The minimum absolute atomic E-state index is 0.938. The predicted octanol–water partition coefficient (Wildman–Crippen LogP) is 0.223. The van der Waals surface area contributed by atoms with E-state index >= 15 is 0 Å². The molecule has 61 valence electrons. The lowest BCUT2D eigenvalue weighted by molar-refractivity contribution is 0.0355. The van der Waals surface area contributed by atoms with Crippen LogP contribution in [0, 0.1) is 0 Å². The van der Waals surface area contributed by atoms with Gasteiger partial charge in [-0.2, -0.15) is 0 Å². The fourth-order valence-electron chi connectivity index (χ4n) is 0.748. The monoisotopic (exact) mass is 165 g/mol. The van der Waals surface area contributed by atoms with Gasteiger partial charge in [0, 0.05) is 21.3 Å². The van der Waals surface area contributed by atoms with Gasteiger partial charge in [0.2, 0.25) is 0 Å². The van der Waals surface area contributed by atoms with Crippen LogP contribution >= 0.6 is 0 Å². The van der Waals surface area contributed by atoms with E-state index in [1.165, 1.54) is 28.3 Å². The van der Waals surface area contributed by atoms with Crippen molar-refractivity contribution in [1.29, 1.82) is 0 Å². The molecule has 0 spiro atoms. The first kappa shape index (κ1) is 10.1. The van der Waals surface area contributed by atoms with Crippen LogP contribution in [0.25, 0.3) is 0 Å². The first-order valence-corrected chi connectivity index (χ1v) is 4.74. The summed E-state index contributed by atoms with van der Waals surface area (Å²) in [5.41, 5.74) is -0.938. The molecule has 0 aromatic heterocycles. The largest absolute Gasteiger partial charge is 0.533 e. The molecular formula is C5H13O4Si. The Morgan fingerprint density at radius 3 is 1.40 bits per heavy atom. The van der Waals surface area contributed by atoms with E-state index in [-0.39, 0.29) is 0 Å². The fraction of sp³-hybridized carbons (Fsp3) is 1.00. The van der Waals surface area contributed by atoms with E-state index in [9.17, 15) is 5.11 Å². The third-order valence-corrected chi connectivity index (χ3v) is 4.05. The summed E-state index contributed by atoms with van der Waals surface area (Å²) in [7, 11) is 1.42. The van der Waals surface area contributed by atoms with Gasteiger partial charge in [0.15, 0.2) is 5.73 Å². The summed E-state index contributed by atoms with van der Waals surface area (Å²) in [6, 6.07) is 0. The molecule has 0 aliphatic rings. The van der Waals surface area contributed by atoms with Gasteiger partial charge in [-0.05, 0) is 6.92 Å². The Balaban J connectivity index is 4.15. The molecule has 10 heavy (non-hydrogen) atoms. The van der Waals surface area contributed by atoms with Crippen LogP contribution < -0.4 is 0 Å². The quantitative estimate of drug-likeness (QED) is 0.560. The first-order chi connectivity index (χ1) is 4.63. The van der Waals surface area contributed by atoms with Crippen molar-refractivity contribution >= 4 is 8.80 Å². The maximum atomic E-state index is 10.9. The number of hydrogen-bond acceptors (Lipinski definition) is 3. The SMILES string of the molecule is CO[Si](OC)(OC)C(C)[O]. The minimum atomic E-state index is -2.85. The molecule has 0 aliphatic carbocycles. The molecule has 5 heteroatoms. The molecule has 0 aromatic carbocycles. The van der Waals surface area contributed by atoms with Gasteiger partial charge >= 0.3 is 8.80 Å². The summed E-state index contributed by atoms with van der Waals surface area (Å²) in [6.45, 7) is 1.47. The van der Waals surface area contributed by atoms with Crippen molar-refractivity contribution in [3.05, 3.63) is 0 Å². The topological polar surface area (TPSA) is 47.6 Å². The zero-order chi connectivity index (χ0) is 8.20. The van der Waals surface area contributed by atoms with E-state index in [4.69, 9.17) is 13.3 Å². The van der Waals surface area contributed by atoms with Gasteiger partial charge in [-0.15, -0.1) is 0 Å². The highest BCUT2D eigenvalue weighted by atomic mass is 28.4. The smallest absolute Gasteiger partial charge is 0.375 e. The van der Waals surface area contributed by atoms with Gasteiger partial charge < -0.3 is 13.3 Å². The summed E-state index contributed by atoms with van der Waals surface area (Å²) >= 11 is 0. The molecule has 0 bridgehead atoms. The Morgan fingerprint density at radius 1 is 1.10 bits per heavy atom. The molecule has 0 N–H and O–H groups in total. The van der Waals surface area contributed by atoms with Crippen molar-refractivity contribution in [2.45, 2.75) is 12.7 Å². The van der Waals surface area contributed by atoms with Crippen LogP contribution in [0.5, 0.6) is 0 Å². The third-order valence-electron chi connectivity index (χ3n) is 1.35. The summed E-state index contributed by atoms with van der Waals surface area (Å²) in [6.07, 6.45) is 0. The molecule has 0 saturated heterocycles. The zero-order valence-corrected chi connectivity index (χ0v) is 7.71. The lowest BCUT2D eigenvalue weighted by Crippen LogP contribution is -2.52. The Bertz CT molecular complexity index is 83.4. The van der Waals surface area contributed by atoms with Gasteiger partial charge in [-0.1, -0.05) is 0 Å². The fourth-order valence-corrected chi connectivity index (χ4v) is 2.24. The van der Waals surface area contributed by atoms with Gasteiger partial charge in [-0.25, -0.2) is 5.11 Å². The van der Waals surface area contributed by atoms with E-state index in [2.05, 4.69) is 0 Å². The Morgan fingerprint density at radius 2 is 1.40 bits per heavy atom. The predicted molar refractivity (Wildman–Crippen MR) is 36.9 cm³/mol. The second-order valence-corrected chi connectivity index (χ2v) is 5.10. The van der Waals surface area contributed by atoms with Crippen molar-refractivity contribution in [3.8, 4) is 0 Å². The zero-order valence-electron chi connectivity index (χ0n) is 6.71. The standard InChI is InChI=1S/C5H13O4Si/c1-5(6)10(7-2,8-3)9-4/h5H,1-4H3.